The molecule has 3 saturated heterocycles. The van der Waals surface area contributed by atoms with Crippen molar-refractivity contribution < 1.29 is 24.5 Å². The molecule has 0 aliphatic carbocycles. The van der Waals surface area contributed by atoms with Gasteiger partial charge in [0, 0.05) is 0 Å². The molecule has 0 radical (unpaired) electrons. The normalized spacial score (nSPS) is 46.1. The lowest BCUT2D eigenvalue weighted by Crippen LogP contribution is -2.53. The average Bonchev–Trinajstić information content (AvgIpc) is 2.97. The molecule has 0 unspecified atom stereocenters. The Balaban J connectivity index is 2.12. The number of likely N-dealkylation sites (tertiary alicyclic amines) is 1. The molecular formula is C12H17NO5. The van der Waals surface area contributed by atoms with Crippen LogP contribution in [0.25, 0.3) is 0 Å². The Morgan fingerprint density at radius 1 is 1.28 bits per heavy atom. The molecule has 6 heteroatoms. The highest BCUT2D eigenvalue weighted by Gasteiger charge is 2.78. The van der Waals surface area contributed by atoms with Gasteiger partial charge in [0.25, 0.3) is 0 Å². The van der Waals surface area contributed by atoms with Gasteiger partial charge in [-0.1, -0.05) is 0 Å². The van der Waals surface area contributed by atoms with E-state index in [1.54, 1.807) is 6.92 Å². The van der Waals surface area contributed by atoms with Gasteiger partial charge >= 0.3 is 0 Å². The average molecular weight is 255 g/mol. The van der Waals surface area contributed by atoms with Crippen molar-refractivity contribution in [3.63, 3.8) is 0 Å². The largest absolute Gasteiger partial charge is 0.395 e. The molecule has 18 heavy (non-hydrogen) atoms. The van der Waals surface area contributed by atoms with Gasteiger partial charge in [0.05, 0.1) is 37.4 Å². The van der Waals surface area contributed by atoms with Crippen molar-refractivity contribution in [3.05, 3.63) is 0 Å². The van der Waals surface area contributed by atoms with Crippen molar-refractivity contribution in [1.82, 2.24) is 4.90 Å². The molecule has 2 N–H and O–H groups in total. The van der Waals surface area contributed by atoms with Gasteiger partial charge in [-0.15, -0.1) is 0 Å². The minimum absolute atomic E-state index is 0.00551. The van der Waals surface area contributed by atoms with E-state index in [2.05, 4.69) is 0 Å². The van der Waals surface area contributed by atoms with Crippen molar-refractivity contribution in [2.45, 2.75) is 32.0 Å². The van der Waals surface area contributed by atoms with Crippen LogP contribution >= 0.6 is 0 Å². The summed E-state index contributed by atoms with van der Waals surface area (Å²) < 4.78 is 5.71. The third kappa shape index (κ3) is 0.975. The van der Waals surface area contributed by atoms with Gasteiger partial charge < -0.3 is 14.9 Å². The number of aliphatic hydroxyl groups is 2. The van der Waals surface area contributed by atoms with Crippen LogP contribution in [0.1, 0.15) is 19.8 Å². The third-order valence-corrected chi connectivity index (χ3v) is 5.03. The molecule has 0 aromatic rings. The number of ether oxygens (including phenoxy) is 1. The number of amides is 2. The molecule has 3 aliphatic heterocycles. The lowest BCUT2D eigenvalue weighted by atomic mass is 9.58. The lowest BCUT2D eigenvalue weighted by molar-refractivity contribution is -0.146. The van der Waals surface area contributed by atoms with Crippen LogP contribution in [-0.2, 0) is 14.3 Å². The summed E-state index contributed by atoms with van der Waals surface area (Å²) in [7, 11) is 0. The number of fused-ring (bicyclic) bond motifs is 5. The van der Waals surface area contributed by atoms with E-state index in [0.717, 1.165) is 11.3 Å². The van der Waals surface area contributed by atoms with E-state index < -0.39 is 16.7 Å². The van der Waals surface area contributed by atoms with Crippen molar-refractivity contribution in [3.8, 4) is 0 Å². The summed E-state index contributed by atoms with van der Waals surface area (Å²) in [5.74, 6) is -0.707. The number of imide groups is 1. The van der Waals surface area contributed by atoms with Gasteiger partial charge in [-0.05, 0) is 19.8 Å². The highest BCUT2D eigenvalue weighted by molar-refractivity contribution is 6.11. The van der Waals surface area contributed by atoms with E-state index in [0.29, 0.717) is 6.42 Å². The summed E-state index contributed by atoms with van der Waals surface area (Å²) in [6, 6.07) is 0. The summed E-state index contributed by atoms with van der Waals surface area (Å²) >= 11 is 0. The van der Waals surface area contributed by atoms with Crippen LogP contribution in [0.5, 0.6) is 0 Å². The molecule has 3 aliphatic rings. The zero-order valence-corrected chi connectivity index (χ0v) is 10.3. The molecular weight excluding hydrogens is 238 g/mol. The zero-order valence-electron chi connectivity index (χ0n) is 10.3. The second-order valence-electron chi connectivity index (χ2n) is 5.51. The number of hydrogen-bond donors (Lipinski definition) is 2. The molecule has 3 fully saturated rings. The van der Waals surface area contributed by atoms with Crippen molar-refractivity contribution in [2.24, 2.45) is 10.8 Å². The Morgan fingerprint density at radius 2 is 1.94 bits per heavy atom. The number of hydrogen-bond acceptors (Lipinski definition) is 5. The summed E-state index contributed by atoms with van der Waals surface area (Å²) in [5, 5.41) is 18.7. The van der Waals surface area contributed by atoms with Gasteiger partial charge in [0.15, 0.2) is 0 Å². The first kappa shape index (κ1) is 12.1. The predicted octanol–water partition coefficient (Wildman–Crippen LogP) is -1.11. The van der Waals surface area contributed by atoms with Crippen LogP contribution < -0.4 is 0 Å². The van der Waals surface area contributed by atoms with E-state index in [1.807, 2.05) is 0 Å². The Morgan fingerprint density at radius 3 is 2.50 bits per heavy atom. The molecule has 3 heterocycles. The standard InChI is InChI=1S/C12H17NO5/c1-11-7-2-3-8(18-7)12(11,6-15)10(17)13(4-5-14)9(11)16/h7-8,14-15H,2-6H2,1H3/t7-,8+,11+,12-/m0/s1. The molecule has 2 amide bonds. The van der Waals surface area contributed by atoms with E-state index in [-0.39, 0.29) is 37.9 Å². The number of aliphatic hydroxyl groups excluding tert-OH is 2. The van der Waals surface area contributed by atoms with Crippen LogP contribution in [0.3, 0.4) is 0 Å². The number of rotatable bonds is 3. The van der Waals surface area contributed by atoms with E-state index >= 15 is 0 Å². The second-order valence-corrected chi connectivity index (χ2v) is 5.51. The zero-order chi connectivity index (χ0) is 13.1. The number of carbonyl (C=O) groups excluding carboxylic acids is 2. The molecule has 2 bridgehead atoms. The molecule has 6 nitrogen and oxygen atoms in total. The summed E-state index contributed by atoms with van der Waals surface area (Å²) in [6.45, 7) is 1.07. The van der Waals surface area contributed by atoms with Crippen LogP contribution in [-0.4, -0.2) is 58.9 Å². The van der Waals surface area contributed by atoms with Gasteiger partial charge in [0.2, 0.25) is 11.8 Å². The maximum atomic E-state index is 12.5. The summed E-state index contributed by atoms with van der Waals surface area (Å²) in [4.78, 5) is 26.0. The number of nitrogens with zero attached hydrogens (tertiary/aromatic N) is 1. The maximum absolute atomic E-state index is 12.5. The van der Waals surface area contributed by atoms with Crippen LogP contribution in [0.15, 0.2) is 0 Å². The summed E-state index contributed by atoms with van der Waals surface area (Å²) in [6.07, 6.45) is 0.772. The third-order valence-electron chi connectivity index (χ3n) is 5.03. The fourth-order valence-corrected chi connectivity index (χ4v) is 3.98. The Bertz CT molecular complexity index is 425. The monoisotopic (exact) mass is 255 g/mol. The maximum Gasteiger partial charge on any atom is 0.241 e. The Labute approximate surface area is 105 Å². The van der Waals surface area contributed by atoms with Crippen molar-refractivity contribution >= 4 is 11.8 Å². The second kappa shape index (κ2) is 3.53. The van der Waals surface area contributed by atoms with Crippen LogP contribution in [0.4, 0.5) is 0 Å². The first-order valence-corrected chi connectivity index (χ1v) is 6.27. The van der Waals surface area contributed by atoms with E-state index in [9.17, 15) is 14.7 Å². The number of carbonyl (C=O) groups is 2. The quantitative estimate of drug-likeness (QED) is 0.625. The minimum atomic E-state index is -1.14. The molecule has 100 valence electrons. The first-order valence-electron chi connectivity index (χ1n) is 6.27. The van der Waals surface area contributed by atoms with Crippen LogP contribution in [0.2, 0.25) is 0 Å². The smallest absolute Gasteiger partial charge is 0.241 e. The fraction of sp³-hybridized carbons (Fsp3) is 0.833. The molecule has 3 rings (SSSR count). The topological polar surface area (TPSA) is 87.1 Å². The minimum Gasteiger partial charge on any atom is -0.395 e. The van der Waals surface area contributed by atoms with Gasteiger partial charge in [-0.2, -0.15) is 0 Å². The molecule has 4 atom stereocenters. The van der Waals surface area contributed by atoms with Gasteiger partial charge in [-0.25, -0.2) is 0 Å². The van der Waals surface area contributed by atoms with Crippen LogP contribution in [0, 0.1) is 10.8 Å². The number of β-amino-alcohol motifs (C(OH)–C–C–N with tert-alkyl or cyclic N) is 1. The Kier molecular flexibility index (Phi) is 2.36. The first-order chi connectivity index (χ1) is 8.54. The SMILES string of the molecule is C[C@@]12C(=O)N(CCO)C(=O)[C@]1(CO)[C@H]1CC[C@@H]2O1. The van der Waals surface area contributed by atoms with Crippen molar-refractivity contribution in [2.75, 3.05) is 19.8 Å². The highest BCUT2D eigenvalue weighted by Crippen LogP contribution is 2.64. The van der Waals surface area contributed by atoms with Gasteiger partial charge in [-0.3, -0.25) is 14.5 Å². The fourth-order valence-electron chi connectivity index (χ4n) is 3.98. The predicted molar refractivity (Wildman–Crippen MR) is 59.3 cm³/mol. The molecule has 0 saturated carbocycles. The lowest BCUT2D eigenvalue weighted by Gasteiger charge is -2.37. The molecule has 0 aromatic heterocycles. The van der Waals surface area contributed by atoms with E-state index in [4.69, 9.17) is 9.84 Å². The van der Waals surface area contributed by atoms with E-state index in [1.165, 1.54) is 0 Å². The van der Waals surface area contributed by atoms with Gasteiger partial charge in [0.1, 0.15) is 5.41 Å². The Hall–Kier alpha value is -0.980. The highest BCUT2D eigenvalue weighted by atomic mass is 16.5. The molecule has 0 aromatic carbocycles. The molecule has 0 spiro atoms. The summed E-state index contributed by atoms with van der Waals surface area (Å²) in [5.41, 5.74) is -2.11. The van der Waals surface area contributed by atoms with Crippen molar-refractivity contribution in [1.29, 1.82) is 0 Å².